The minimum atomic E-state index is -0.553. The molecule has 2 aromatic heterocycles. The van der Waals surface area contributed by atoms with Gasteiger partial charge in [-0.3, -0.25) is 9.59 Å². The first-order chi connectivity index (χ1) is 17.8. The lowest BCUT2D eigenvalue weighted by Gasteiger charge is -2.34. The number of hydrogen-bond donors (Lipinski definition) is 1. The Balaban J connectivity index is 1.95. The van der Waals surface area contributed by atoms with Crippen LogP contribution in [0.1, 0.15) is 59.2 Å². The van der Waals surface area contributed by atoms with Gasteiger partial charge in [0.15, 0.2) is 5.43 Å². The van der Waals surface area contributed by atoms with E-state index in [-0.39, 0.29) is 17.3 Å². The first-order valence-corrected chi connectivity index (χ1v) is 12.4. The van der Waals surface area contributed by atoms with Gasteiger partial charge in [0.1, 0.15) is 17.0 Å². The molecule has 0 saturated carbocycles. The van der Waals surface area contributed by atoms with Gasteiger partial charge in [-0.2, -0.15) is 5.26 Å². The molecule has 0 aliphatic carbocycles. The van der Waals surface area contributed by atoms with Gasteiger partial charge in [-0.15, -0.1) is 0 Å². The SMILES string of the molecule is CC(C)[C@H](c1oc2cc(C#N)ccc2c(=O)c1Cc1ccccc1)N(CCCN)C(=O)c1cn(C)cn1. The fourth-order valence-corrected chi connectivity index (χ4v) is 4.63. The molecule has 8 nitrogen and oxygen atoms in total. The Morgan fingerprint density at radius 1 is 1.22 bits per heavy atom. The van der Waals surface area contributed by atoms with Crippen LogP contribution in [0.3, 0.4) is 0 Å². The zero-order valence-corrected chi connectivity index (χ0v) is 21.3. The summed E-state index contributed by atoms with van der Waals surface area (Å²) in [7, 11) is 1.81. The Labute approximate surface area is 216 Å². The highest BCUT2D eigenvalue weighted by molar-refractivity contribution is 5.92. The van der Waals surface area contributed by atoms with Crippen molar-refractivity contribution in [2.45, 2.75) is 32.7 Å². The highest BCUT2D eigenvalue weighted by Crippen LogP contribution is 2.34. The molecule has 0 saturated heterocycles. The Morgan fingerprint density at radius 3 is 2.59 bits per heavy atom. The number of carbonyl (C=O) groups is 1. The fourth-order valence-electron chi connectivity index (χ4n) is 4.63. The van der Waals surface area contributed by atoms with Crippen LogP contribution in [0.5, 0.6) is 0 Å². The van der Waals surface area contributed by atoms with Crippen molar-refractivity contribution in [3.8, 4) is 6.07 Å². The average Bonchev–Trinajstić information content (AvgIpc) is 3.34. The zero-order valence-electron chi connectivity index (χ0n) is 21.3. The number of aromatic nitrogens is 2. The van der Waals surface area contributed by atoms with Gasteiger partial charge in [0.25, 0.3) is 5.91 Å². The maximum Gasteiger partial charge on any atom is 0.274 e. The highest BCUT2D eigenvalue weighted by Gasteiger charge is 2.34. The fraction of sp³-hybridized carbons (Fsp3) is 0.310. The zero-order chi connectivity index (χ0) is 26.5. The van der Waals surface area contributed by atoms with E-state index in [0.29, 0.717) is 59.5 Å². The van der Waals surface area contributed by atoms with Crippen molar-refractivity contribution in [3.63, 3.8) is 0 Å². The summed E-state index contributed by atoms with van der Waals surface area (Å²) in [5, 5.41) is 9.83. The maximum atomic E-state index is 13.9. The number of imidazole rings is 1. The number of carbonyl (C=O) groups excluding carboxylic acids is 1. The molecule has 4 aromatic rings. The summed E-state index contributed by atoms with van der Waals surface area (Å²) < 4.78 is 8.18. The molecule has 0 fully saturated rings. The predicted octanol–water partition coefficient (Wildman–Crippen LogP) is 4.18. The van der Waals surface area contributed by atoms with Gasteiger partial charge in [0.2, 0.25) is 0 Å². The number of hydrogen-bond acceptors (Lipinski definition) is 6. The summed E-state index contributed by atoms with van der Waals surface area (Å²) in [4.78, 5) is 33.6. The Bertz CT molecular complexity index is 1500. The summed E-state index contributed by atoms with van der Waals surface area (Å²) in [5.74, 6) is 0.0689. The van der Waals surface area contributed by atoms with Gasteiger partial charge in [0, 0.05) is 31.8 Å². The quantitative estimate of drug-likeness (QED) is 0.371. The molecular formula is C29H31N5O3. The summed E-state index contributed by atoms with van der Waals surface area (Å²) in [6.45, 7) is 4.77. The number of nitriles is 1. The number of benzene rings is 2. The van der Waals surface area contributed by atoms with Gasteiger partial charge in [-0.1, -0.05) is 44.2 Å². The molecule has 1 atom stereocenters. The van der Waals surface area contributed by atoms with Gasteiger partial charge in [-0.25, -0.2) is 4.98 Å². The van der Waals surface area contributed by atoms with Crippen LogP contribution >= 0.6 is 0 Å². The van der Waals surface area contributed by atoms with Crippen LogP contribution < -0.4 is 11.2 Å². The van der Waals surface area contributed by atoms with Gasteiger partial charge >= 0.3 is 0 Å². The molecule has 2 N–H and O–H groups in total. The van der Waals surface area contributed by atoms with Gasteiger partial charge in [0.05, 0.1) is 29.4 Å². The van der Waals surface area contributed by atoms with Crippen LogP contribution in [-0.2, 0) is 13.5 Å². The van der Waals surface area contributed by atoms with Crippen molar-refractivity contribution in [3.05, 3.63) is 99.4 Å². The molecule has 190 valence electrons. The smallest absolute Gasteiger partial charge is 0.274 e. The van der Waals surface area contributed by atoms with E-state index < -0.39 is 6.04 Å². The van der Waals surface area contributed by atoms with Crippen LogP contribution in [0, 0.1) is 17.2 Å². The van der Waals surface area contributed by atoms with Gasteiger partial charge < -0.3 is 19.6 Å². The largest absolute Gasteiger partial charge is 0.458 e. The molecule has 1 amide bonds. The molecule has 0 aliphatic rings. The van der Waals surface area contributed by atoms with Gasteiger partial charge in [-0.05, 0) is 42.6 Å². The first-order valence-electron chi connectivity index (χ1n) is 12.4. The molecule has 0 aliphatic heterocycles. The maximum absolute atomic E-state index is 13.9. The molecule has 0 radical (unpaired) electrons. The van der Waals surface area contributed by atoms with Crippen molar-refractivity contribution in [2.75, 3.05) is 13.1 Å². The summed E-state index contributed by atoms with van der Waals surface area (Å²) in [5.41, 5.74) is 8.14. The van der Waals surface area contributed by atoms with Crippen LogP contribution in [0.4, 0.5) is 0 Å². The van der Waals surface area contributed by atoms with Crippen molar-refractivity contribution in [1.29, 1.82) is 5.26 Å². The summed E-state index contributed by atoms with van der Waals surface area (Å²) >= 11 is 0. The third-order valence-corrected chi connectivity index (χ3v) is 6.39. The van der Waals surface area contributed by atoms with Crippen molar-refractivity contribution < 1.29 is 9.21 Å². The number of aryl methyl sites for hydroxylation is 1. The number of amides is 1. The second-order valence-corrected chi connectivity index (χ2v) is 9.51. The van der Waals surface area contributed by atoms with E-state index in [1.807, 2.05) is 44.2 Å². The topological polar surface area (TPSA) is 118 Å². The molecule has 0 spiro atoms. The average molecular weight is 498 g/mol. The van der Waals surface area contributed by atoms with Crippen LogP contribution in [0.2, 0.25) is 0 Å². The van der Waals surface area contributed by atoms with E-state index in [1.165, 1.54) is 0 Å². The van der Waals surface area contributed by atoms with Crippen LogP contribution in [-0.4, -0.2) is 33.4 Å². The molecular weight excluding hydrogens is 466 g/mol. The first kappa shape index (κ1) is 25.9. The van der Waals surface area contributed by atoms with Crippen molar-refractivity contribution in [2.24, 2.45) is 18.7 Å². The molecule has 2 aromatic carbocycles. The lowest BCUT2D eigenvalue weighted by Crippen LogP contribution is -2.40. The molecule has 2 heterocycles. The van der Waals surface area contributed by atoms with E-state index in [0.717, 1.165) is 5.56 Å². The van der Waals surface area contributed by atoms with E-state index in [9.17, 15) is 14.9 Å². The number of nitrogens with two attached hydrogens (primary N) is 1. The van der Waals surface area contributed by atoms with Crippen LogP contribution in [0.25, 0.3) is 11.0 Å². The number of rotatable bonds is 9. The van der Waals surface area contributed by atoms with E-state index in [2.05, 4.69) is 11.1 Å². The second-order valence-electron chi connectivity index (χ2n) is 9.51. The second kappa shape index (κ2) is 11.2. The molecule has 8 heteroatoms. The third-order valence-electron chi connectivity index (χ3n) is 6.39. The van der Waals surface area contributed by atoms with E-state index >= 15 is 0 Å². The normalized spacial score (nSPS) is 12.0. The van der Waals surface area contributed by atoms with Crippen LogP contribution in [0.15, 0.2) is 70.3 Å². The minimum Gasteiger partial charge on any atom is -0.458 e. The lowest BCUT2D eigenvalue weighted by molar-refractivity contribution is 0.0582. The lowest BCUT2D eigenvalue weighted by atomic mass is 9.92. The third kappa shape index (κ3) is 5.47. The standard InChI is InChI=1S/C29H31N5O3/c1-19(2)26(34(13-7-12-30)29(36)24-17-33(3)18-32-24)28-23(14-20-8-5-4-6-9-20)27(35)22-11-10-21(16-31)15-25(22)37-28/h4-6,8-11,15,17-19,26H,7,12-14,30H2,1-3H3/t26-/m1/s1. The number of fused-ring (bicyclic) bond motifs is 1. The monoisotopic (exact) mass is 497 g/mol. The Hall–Kier alpha value is -4.22. The Morgan fingerprint density at radius 2 is 1.97 bits per heavy atom. The van der Waals surface area contributed by atoms with E-state index in [4.69, 9.17) is 10.2 Å². The predicted molar refractivity (Wildman–Crippen MR) is 142 cm³/mol. The Kier molecular flexibility index (Phi) is 7.85. The minimum absolute atomic E-state index is 0.0975. The summed E-state index contributed by atoms with van der Waals surface area (Å²) in [6.07, 6.45) is 4.18. The molecule has 4 rings (SSSR count). The molecule has 0 bridgehead atoms. The highest BCUT2D eigenvalue weighted by atomic mass is 16.3. The molecule has 37 heavy (non-hydrogen) atoms. The van der Waals surface area contributed by atoms with Crippen molar-refractivity contribution >= 4 is 16.9 Å². The molecule has 0 unspecified atom stereocenters. The summed E-state index contributed by atoms with van der Waals surface area (Å²) in [6, 6.07) is 16.1. The van der Waals surface area contributed by atoms with E-state index in [1.54, 1.807) is 47.2 Å². The van der Waals surface area contributed by atoms with Crippen molar-refractivity contribution in [1.82, 2.24) is 14.5 Å². The number of nitrogens with zero attached hydrogens (tertiary/aromatic N) is 4.